The second-order valence-corrected chi connectivity index (χ2v) is 6.13. The number of hydrogen-bond donors (Lipinski definition) is 0. The van der Waals surface area contributed by atoms with Gasteiger partial charge in [0.25, 0.3) is 5.69 Å². The second kappa shape index (κ2) is 7.57. The average Bonchev–Trinajstić information content (AvgIpc) is 2.82. The summed E-state index contributed by atoms with van der Waals surface area (Å²) >= 11 is 0. The minimum absolute atomic E-state index is 0.0756. The molecule has 0 aromatic heterocycles. The number of hydrogen-bond acceptors (Lipinski definition) is 4. The first-order valence-corrected chi connectivity index (χ1v) is 8.18. The van der Waals surface area contributed by atoms with Crippen molar-refractivity contribution in [3.8, 4) is 0 Å². The molecule has 3 rings (SSSR count). The van der Waals surface area contributed by atoms with Crippen molar-refractivity contribution in [3.63, 3.8) is 0 Å². The molecule has 0 N–H and O–H groups in total. The van der Waals surface area contributed by atoms with Gasteiger partial charge in [-0.1, -0.05) is 12.1 Å². The number of nitrogens with zero attached hydrogens (tertiary/aromatic N) is 3. The molecule has 25 heavy (non-hydrogen) atoms. The van der Waals surface area contributed by atoms with Crippen LogP contribution >= 0.6 is 0 Å². The normalized spacial score (nSPS) is 15.8. The fourth-order valence-electron chi connectivity index (χ4n) is 3.12. The van der Waals surface area contributed by atoms with Crippen molar-refractivity contribution in [1.29, 1.82) is 0 Å². The van der Waals surface area contributed by atoms with E-state index in [0.717, 1.165) is 24.6 Å². The first kappa shape index (κ1) is 17.3. The molecule has 7 heteroatoms. The molecule has 0 radical (unpaired) electrons. The first-order chi connectivity index (χ1) is 12.0. The van der Waals surface area contributed by atoms with Crippen LogP contribution in [0.5, 0.6) is 0 Å². The number of halogens is 2. The summed E-state index contributed by atoms with van der Waals surface area (Å²) in [7, 11) is 0. The molecule has 1 heterocycles. The maximum absolute atomic E-state index is 13.6. The van der Waals surface area contributed by atoms with Gasteiger partial charge in [-0.2, -0.15) is 0 Å². The molecule has 132 valence electrons. The van der Waals surface area contributed by atoms with E-state index in [1.54, 1.807) is 12.1 Å². The van der Waals surface area contributed by atoms with Gasteiger partial charge in [0.1, 0.15) is 17.3 Å². The molecule has 0 bridgehead atoms. The van der Waals surface area contributed by atoms with Crippen LogP contribution in [0, 0.1) is 21.7 Å². The Balaban J connectivity index is 1.70. The zero-order chi connectivity index (χ0) is 17.8. The van der Waals surface area contributed by atoms with Crippen LogP contribution < -0.4 is 4.90 Å². The molecule has 0 atom stereocenters. The smallest absolute Gasteiger partial charge is 0.292 e. The SMILES string of the molecule is O=[N+]([O-])c1ccc(F)cc1N1CCCN(Cc2ccc(F)cc2)CC1. The van der Waals surface area contributed by atoms with Crippen molar-refractivity contribution < 1.29 is 13.7 Å². The van der Waals surface area contributed by atoms with Gasteiger partial charge in [0.05, 0.1) is 4.92 Å². The lowest BCUT2D eigenvalue weighted by Gasteiger charge is -2.23. The maximum Gasteiger partial charge on any atom is 0.292 e. The number of anilines is 1. The van der Waals surface area contributed by atoms with Crippen molar-refractivity contribution in [3.05, 3.63) is 69.8 Å². The third-order valence-corrected chi connectivity index (χ3v) is 4.38. The molecule has 1 aliphatic heterocycles. The topological polar surface area (TPSA) is 49.6 Å². The summed E-state index contributed by atoms with van der Waals surface area (Å²) in [4.78, 5) is 14.8. The molecule has 0 aliphatic carbocycles. The van der Waals surface area contributed by atoms with Crippen molar-refractivity contribution in [2.24, 2.45) is 0 Å². The Hall–Kier alpha value is -2.54. The Morgan fingerprint density at radius 3 is 2.40 bits per heavy atom. The van der Waals surface area contributed by atoms with Gasteiger partial charge in [-0.3, -0.25) is 15.0 Å². The lowest BCUT2D eigenvalue weighted by molar-refractivity contribution is -0.384. The summed E-state index contributed by atoms with van der Waals surface area (Å²) in [5.41, 5.74) is 1.27. The standard InChI is InChI=1S/C18H19F2N3O2/c19-15-4-2-14(3-5-15)13-21-8-1-9-22(11-10-21)18-12-16(20)6-7-17(18)23(24)25/h2-7,12H,1,8-11,13H2. The maximum atomic E-state index is 13.6. The van der Waals surface area contributed by atoms with E-state index in [0.29, 0.717) is 31.9 Å². The van der Waals surface area contributed by atoms with Crippen LogP contribution in [0.4, 0.5) is 20.2 Å². The molecule has 0 unspecified atom stereocenters. The van der Waals surface area contributed by atoms with Gasteiger partial charge in [-0.05, 0) is 30.2 Å². The predicted molar refractivity (Wildman–Crippen MR) is 91.6 cm³/mol. The molecule has 2 aromatic rings. The number of nitro groups is 1. The molecular weight excluding hydrogens is 328 g/mol. The molecule has 0 amide bonds. The van der Waals surface area contributed by atoms with E-state index in [4.69, 9.17) is 0 Å². The van der Waals surface area contributed by atoms with Crippen molar-refractivity contribution in [2.75, 3.05) is 31.1 Å². The van der Waals surface area contributed by atoms with Crippen LogP contribution in [0.25, 0.3) is 0 Å². The Morgan fingerprint density at radius 1 is 0.960 bits per heavy atom. The van der Waals surface area contributed by atoms with E-state index in [1.165, 1.54) is 24.3 Å². The molecular formula is C18H19F2N3O2. The first-order valence-electron chi connectivity index (χ1n) is 8.18. The van der Waals surface area contributed by atoms with Gasteiger partial charge >= 0.3 is 0 Å². The molecule has 0 saturated carbocycles. The highest BCUT2D eigenvalue weighted by molar-refractivity contribution is 5.63. The highest BCUT2D eigenvalue weighted by atomic mass is 19.1. The van der Waals surface area contributed by atoms with E-state index < -0.39 is 10.7 Å². The summed E-state index contributed by atoms with van der Waals surface area (Å²) in [6, 6.07) is 9.95. The third kappa shape index (κ3) is 4.30. The Kier molecular flexibility index (Phi) is 5.23. The Morgan fingerprint density at radius 2 is 1.68 bits per heavy atom. The summed E-state index contributed by atoms with van der Waals surface area (Å²) in [6.45, 7) is 3.43. The van der Waals surface area contributed by atoms with Crippen LogP contribution in [0.2, 0.25) is 0 Å². The molecule has 2 aromatic carbocycles. The van der Waals surface area contributed by atoms with Crippen molar-refractivity contribution in [1.82, 2.24) is 4.90 Å². The minimum atomic E-state index is -0.479. The summed E-state index contributed by atoms with van der Waals surface area (Å²) in [5.74, 6) is -0.739. The zero-order valence-corrected chi connectivity index (χ0v) is 13.7. The van der Waals surface area contributed by atoms with E-state index >= 15 is 0 Å². The lowest BCUT2D eigenvalue weighted by Crippen LogP contribution is -2.30. The Bertz CT molecular complexity index is 752. The average molecular weight is 347 g/mol. The highest BCUT2D eigenvalue weighted by Gasteiger charge is 2.23. The summed E-state index contributed by atoms with van der Waals surface area (Å²) in [6.07, 6.45) is 0.814. The van der Waals surface area contributed by atoms with Crippen molar-refractivity contribution in [2.45, 2.75) is 13.0 Å². The van der Waals surface area contributed by atoms with E-state index in [9.17, 15) is 18.9 Å². The quantitative estimate of drug-likeness (QED) is 0.626. The van der Waals surface area contributed by atoms with Crippen LogP contribution in [-0.4, -0.2) is 36.0 Å². The van der Waals surface area contributed by atoms with Gasteiger partial charge < -0.3 is 4.90 Å². The fourth-order valence-corrected chi connectivity index (χ4v) is 3.12. The van der Waals surface area contributed by atoms with Gasteiger partial charge in [-0.15, -0.1) is 0 Å². The highest BCUT2D eigenvalue weighted by Crippen LogP contribution is 2.29. The van der Waals surface area contributed by atoms with Crippen LogP contribution in [-0.2, 0) is 6.54 Å². The third-order valence-electron chi connectivity index (χ3n) is 4.38. The fraction of sp³-hybridized carbons (Fsp3) is 0.333. The number of nitro benzene ring substituents is 1. The van der Waals surface area contributed by atoms with Gasteiger partial charge in [-0.25, -0.2) is 8.78 Å². The Labute approximate surface area is 144 Å². The number of benzene rings is 2. The molecule has 1 saturated heterocycles. The van der Waals surface area contributed by atoms with Crippen LogP contribution in [0.3, 0.4) is 0 Å². The van der Waals surface area contributed by atoms with E-state index in [1.807, 2.05) is 4.90 Å². The van der Waals surface area contributed by atoms with E-state index in [2.05, 4.69) is 4.90 Å². The molecule has 5 nitrogen and oxygen atoms in total. The molecule has 1 fully saturated rings. The zero-order valence-electron chi connectivity index (χ0n) is 13.7. The minimum Gasteiger partial charge on any atom is -0.365 e. The van der Waals surface area contributed by atoms with Crippen LogP contribution in [0.1, 0.15) is 12.0 Å². The summed E-state index contributed by atoms with van der Waals surface area (Å²) < 4.78 is 26.6. The molecule has 1 aliphatic rings. The largest absolute Gasteiger partial charge is 0.365 e. The van der Waals surface area contributed by atoms with Gasteiger partial charge in [0.15, 0.2) is 0 Å². The lowest BCUT2D eigenvalue weighted by atomic mass is 10.2. The predicted octanol–water partition coefficient (Wildman–Crippen LogP) is 3.59. The number of rotatable bonds is 4. The van der Waals surface area contributed by atoms with E-state index in [-0.39, 0.29) is 11.5 Å². The van der Waals surface area contributed by atoms with Crippen LogP contribution in [0.15, 0.2) is 42.5 Å². The van der Waals surface area contributed by atoms with Gasteiger partial charge in [0.2, 0.25) is 0 Å². The monoisotopic (exact) mass is 347 g/mol. The van der Waals surface area contributed by atoms with Gasteiger partial charge in [0, 0.05) is 44.9 Å². The summed E-state index contributed by atoms with van der Waals surface area (Å²) in [5, 5.41) is 11.2. The van der Waals surface area contributed by atoms with Crippen molar-refractivity contribution >= 4 is 11.4 Å². The second-order valence-electron chi connectivity index (χ2n) is 6.13. The molecule has 0 spiro atoms.